The van der Waals surface area contributed by atoms with Crippen molar-refractivity contribution in [1.29, 1.82) is 0 Å². The van der Waals surface area contributed by atoms with E-state index in [1.165, 1.54) is 12.5 Å². The first-order chi connectivity index (χ1) is 15.0. The molecular formula is C25H25N2O4+. The zero-order valence-corrected chi connectivity index (χ0v) is 17.6. The van der Waals surface area contributed by atoms with E-state index < -0.39 is 0 Å². The van der Waals surface area contributed by atoms with Gasteiger partial charge in [0, 0.05) is 22.8 Å². The molecule has 1 aliphatic heterocycles. The number of benzene rings is 3. The third kappa shape index (κ3) is 4.75. The average Bonchev–Trinajstić information content (AvgIpc) is 3.22. The summed E-state index contributed by atoms with van der Waals surface area (Å²) in [5.74, 6) is 0.679. The maximum absolute atomic E-state index is 12.8. The lowest BCUT2D eigenvalue weighted by atomic mass is 9.98. The Morgan fingerprint density at radius 2 is 1.61 bits per heavy atom. The number of carbonyl (C=O) groups is 2. The molecule has 1 aliphatic rings. The Hall–Kier alpha value is -3.64. The van der Waals surface area contributed by atoms with Crippen molar-refractivity contribution in [3.8, 4) is 11.5 Å². The van der Waals surface area contributed by atoms with Crippen LogP contribution in [0.2, 0.25) is 0 Å². The van der Waals surface area contributed by atoms with Crippen molar-refractivity contribution in [2.45, 2.75) is 19.9 Å². The summed E-state index contributed by atoms with van der Waals surface area (Å²) < 4.78 is 10.7. The molecule has 3 N–H and O–H groups in total. The zero-order chi connectivity index (χ0) is 21.8. The molecule has 0 aromatic heterocycles. The van der Waals surface area contributed by atoms with Crippen molar-refractivity contribution >= 4 is 17.4 Å². The topological polar surface area (TPSA) is 81.2 Å². The number of hydrogen-bond donors (Lipinski definition) is 2. The Morgan fingerprint density at radius 1 is 0.968 bits per heavy atom. The first kappa shape index (κ1) is 20.6. The number of hydrogen-bond acceptors (Lipinski definition) is 4. The quantitative estimate of drug-likeness (QED) is 0.579. The number of nitrogens with two attached hydrogens (primary N) is 1. The van der Waals surface area contributed by atoms with Gasteiger partial charge in [-0.05, 0) is 19.9 Å². The van der Waals surface area contributed by atoms with Crippen LogP contribution < -0.4 is 20.1 Å². The van der Waals surface area contributed by atoms with Crippen molar-refractivity contribution < 1.29 is 24.4 Å². The average molecular weight is 417 g/mol. The number of fused-ring (bicyclic) bond motifs is 1. The molecular weight excluding hydrogens is 392 g/mol. The van der Waals surface area contributed by atoms with E-state index in [9.17, 15) is 9.59 Å². The zero-order valence-electron chi connectivity index (χ0n) is 17.6. The van der Waals surface area contributed by atoms with Crippen LogP contribution in [0, 0.1) is 6.92 Å². The molecule has 0 unspecified atom stereocenters. The second-order valence-electron chi connectivity index (χ2n) is 7.59. The standard InChI is InChI=1S/C25H24N2O4/c1-16-8-10-19(11-9-16)25(18-6-4-3-5-7-18)26-14-24(29)27-21-13-23-22(30-15-31-23)12-20(21)17(2)28/h3-13,25-26H,14-15H2,1-2H3,(H,27,29)/p+1/t25-/m1/s1. The molecule has 0 spiro atoms. The maximum Gasteiger partial charge on any atom is 0.279 e. The number of Topliss-reactive ketones (excluding diaryl/α,β-unsaturated/α-hetero) is 1. The molecule has 6 heteroatoms. The molecule has 0 saturated heterocycles. The fourth-order valence-electron chi connectivity index (χ4n) is 3.66. The molecule has 1 atom stereocenters. The van der Waals surface area contributed by atoms with E-state index in [0.717, 1.165) is 11.1 Å². The van der Waals surface area contributed by atoms with Crippen molar-refractivity contribution in [3.05, 3.63) is 89.0 Å². The molecule has 0 radical (unpaired) electrons. The van der Waals surface area contributed by atoms with Crippen molar-refractivity contribution in [2.24, 2.45) is 0 Å². The number of rotatable bonds is 7. The smallest absolute Gasteiger partial charge is 0.279 e. The fourth-order valence-corrected chi connectivity index (χ4v) is 3.66. The van der Waals surface area contributed by atoms with E-state index in [2.05, 4.69) is 48.6 Å². The Kier molecular flexibility index (Phi) is 6.00. The van der Waals surface area contributed by atoms with E-state index in [4.69, 9.17) is 9.47 Å². The number of nitrogens with one attached hydrogen (secondary N) is 1. The summed E-state index contributed by atoms with van der Waals surface area (Å²) in [7, 11) is 0. The van der Waals surface area contributed by atoms with Crippen molar-refractivity contribution in [3.63, 3.8) is 0 Å². The van der Waals surface area contributed by atoms with Gasteiger partial charge in [-0.15, -0.1) is 0 Å². The lowest BCUT2D eigenvalue weighted by Crippen LogP contribution is -2.87. The lowest BCUT2D eigenvalue weighted by molar-refractivity contribution is -0.676. The second-order valence-corrected chi connectivity index (χ2v) is 7.59. The second kappa shape index (κ2) is 9.02. The van der Waals surface area contributed by atoms with E-state index in [1.54, 1.807) is 12.1 Å². The van der Waals surface area contributed by atoms with Gasteiger partial charge in [0.15, 0.2) is 23.8 Å². The van der Waals surface area contributed by atoms with Gasteiger partial charge in [0.1, 0.15) is 6.04 Å². The Labute approximate surface area is 181 Å². The maximum atomic E-state index is 12.8. The predicted molar refractivity (Wildman–Crippen MR) is 117 cm³/mol. The van der Waals surface area contributed by atoms with Gasteiger partial charge in [0.05, 0.1) is 5.69 Å². The highest BCUT2D eigenvalue weighted by Crippen LogP contribution is 2.37. The number of anilines is 1. The van der Waals surface area contributed by atoms with Gasteiger partial charge in [0.25, 0.3) is 5.91 Å². The summed E-state index contributed by atoms with van der Waals surface area (Å²) in [5.41, 5.74) is 4.26. The predicted octanol–water partition coefficient (Wildman–Crippen LogP) is 3.22. The van der Waals surface area contributed by atoms with Crippen LogP contribution in [0.4, 0.5) is 5.69 Å². The minimum atomic E-state index is -0.200. The third-order valence-corrected chi connectivity index (χ3v) is 5.30. The fraction of sp³-hybridized carbons (Fsp3) is 0.200. The van der Waals surface area contributed by atoms with Crippen LogP contribution >= 0.6 is 0 Å². The number of ether oxygens (including phenoxy) is 2. The van der Waals surface area contributed by atoms with Gasteiger partial charge in [-0.25, -0.2) is 0 Å². The summed E-state index contributed by atoms with van der Waals surface area (Å²) >= 11 is 0. The highest BCUT2D eigenvalue weighted by molar-refractivity contribution is 6.04. The van der Waals surface area contributed by atoms with Crippen molar-refractivity contribution in [2.75, 3.05) is 18.7 Å². The number of ketones is 1. The number of carbonyl (C=O) groups excluding carboxylic acids is 2. The summed E-state index contributed by atoms with van der Waals surface area (Å²) in [6.07, 6.45) is 0. The van der Waals surface area contributed by atoms with Crippen LogP contribution in [0.3, 0.4) is 0 Å². The summed E-state index contributed by atoms with van der Waals surface area (Å²) in [4.78, 5) is 24.8. The van der Waals surface area contributed by atoms with E-state index >= 15 is 0 Å². The lowest BCUT2D eigenvalue weighted by Gasteiger charge is -2.17. The SMILES string of the molecule is CC(=O)c1cc2c(cc1NC(=O)C[NH2+][C@H](c1ccccc1)c1ccc(C)cc1)OCO2. The van der Waals surface area contributed by atoms with Crippen LogP contribution in [-0.4, -0.2) is 25.0 Å². The molecule has 3 aromatic rings. The summed E-state index contributed by atoms with van der Waals surface area (Å²) in [5, 5.41) is 4.86. The largest absolute Gasteiger partial charge is 0.454 e. The first-order valence-electron chi connectivity index (χ1n) is 10.2. The molecule has 158 valence electrons. The van der Waals surface area contributed by atoms with Crippen LogP contribution in [0.15, 0.2) is 66.7 Å². The molecule has 6 nitrogen and oxygen atoms in total. The number of amides is 1. The summed E-state index contributed by atoms with van der Waals surface area (Å²) in [6.45, 7) is 3.81. The van der Waals surface area contributed by atoms with Crippen LogP contribution in [-0.2, 0) is 4.79 Å². The molecule has 3 aromatic carbocycles. The molecule has 0 saturated carbocycles. The van der Waals surface area contributed by atoms with Crippen LogP contribution in [0.1, 0.15) is 40.0 Å². The minimum Gasteiger partial charge on any atom is -0.454 e. The molecule has 1 heterocycles. The van der Waals surface area contributed by atoms with Gasteiger partial charge in [-0.3, -0.25) is 9.59 Å². The van der Waals surface area contributed by atoms with Gasteiger partial charge < -0.3 is 20.1 Å². The molecule has 0 bridgehead atoms. The van der Waals surface area contributed by atoms with Crippen LogP contribution in [0.5, 0.6) is 11.5 Å². The van der Waals surface area contributed by atoms with E-state index in [1.807, 2.05) is 23.5 Å². The van der Waals surface area contributed by atoms with E-state index in [0.29, 0.717) is 22.7 Å². The minimum absolute atomic E-state index is 0.0171. The Morgan fingerprint density at radius 3 is 2.29 bits per heavy atom. The normalized spacial score (nSPS) is 13.0. The number of aryl methyl sites for hydroxylation is 1. The van der Waals surface area contributed by atoms with Gasteiger partial charge >= 0.3 is 0 Å². The van der Waals surface area contributed by atoms with Gasteiger partial charge in [-0.1, -0.05) is 60.2 Å². The van der Waals surface area contributed by atoms with Crippen molar-refractivity contribution in [1.82, 2.24) is 0 Å². The highest BCUT2D eigenvalue weighted by Gasteiger charge is 2.22. The summed E-state index contributed by atoms with van der Waals surface area (Å²) in [6, 6.07) is 21.7. The van der Waals surface area contributed by atoms with Crippen LogP contribution in [0.25, 0.3) is 0 Å². The molecule has 0 aliphatic carbocycles. The van der Waals surface area contributed by atoms with Gasteiger partial charge in [0.2, 0.25) is 6.79 Å². The first-order valence-corrected chi connectivity index (χ1v) is 10.2. The number of quaternary nitrogens is 1. The third-order valence-electron chi connectivity index (χ3n) is 5.30. The Bertz CT molecular complexity index is 1090. The van der Waals surface area contributed by atoms with E-state index in [-0.39, 0.29) is 31.1 Å². The molecule has 31 heavy (non-hydrogen) atoms. The Balaban J connectivity index is 1.51. The van der Waals surface area contributed by atoms with Gasteiger partial charge in [-0.2, -0.15) is 0 Å². The molecule has 1 amide bonds. The molecule has 0 fully saturated rings. The monoisotopic (exact) mass is 417 g/mol. The molecule has 4 rings (SSSR count). The highest BCUT2D eigenvalue weighted by atomic mass is 16.7.